The van der Waals surface area contributed by atoms with Gasteiger partial charge in [0.1, 0.15) is 5.82 Å². The molecule has 4 nitrogen and oxygen atoms in total. The lowest BCUT2D eigenvalue weighted by Gasteiger charge is -2.17. The molecule has 0 N–H and O–H groups in total. The Labute approximate surface area is 164 Å². The van der Waals surface area contributed by atoms with E-state index in [2.05, 4.69) is 0 Å². The van der Waals surface area contributed by atoms with Gasteiger partial charge in [-0.05, 0) is 61.6 Å². The van der Waals surface area contributed by atoms with Gasteiger partial charge in [0.15, 0.2) is 5.78 Å². The zero-order chi connectivity index (χ0) is 19.7. The Morgan fingerprint density at radius 2 is 1.68 bits per heavy atom. The van der Waals surface area contributed by atoms with Crippen LogP contribution in [-0.2, 0) is 4.79 Å². The van der Waals surface area contributed by atoms with Gasteiger partial charge >= 0.3 is 0 Å². The number of hydrogen-bond donors (Lipinski definition) is 0. The van der Waals surface area contributed by atoms with Gasteiger partial charge in [0.2, 0.25) is 0 Å². The minimum Gasteiger partial charge on any atom is -0.295 e. The van der Waals surface area contributed by atoms with Crippen LogP contribution in [0.3, 0.4) is 0 Å². The van der Waals surface area contributed by atoms with Crippen molar-refractivity contribution in [1.29, 1.82) is 0 Å². The molecule has 0 bridgehead atoms. The molecule has 0 fully saturated rings. The summed E-state index contributed by atoms with van der Waals surface area (Å²) in [6.07, 6.45) is 3.77. The molecule has 3 aromatic rings. The van der Waals surface area contributed by atoms with E-state index in [9.17, 15) is 9.59 Å². The molecule has 0 saturated heterocycles. The number of nitrogens with zero attached hydrogens (tertiary/aromatic N) is 2. The van der Waals surface area contributed by atoms with Gasteiger partial charge in [0, 0.05) is 18.1 Å². The third kappa shape index (κ3) is 3.46. The Morgan fingerprint density at radius 1 is 0.893 bits per heavy atom. The zero-order valence-electron chi connectivity index (χ0n) is 16.1. The lowest BCUT2D eigenvalue weighted by molar-refractivity contribution is -0.114. The van der Waals surface area contributed by atoms with E-state index in [4.69, 9.17) is 4.98 Å². The molecule has 0 saturated carbocycles. The first-order valence-electron chi connectivity index (χ1n) is 9.54. The largest absolute Gasteiger partial charge is 0.295 e. The standard InChI is InChI=1S/C24H22N2O2/c1-16-11-12-20(13-17(16)2)26-23(28)15-22(19-9-6-10-21(27)14-19)25-24(26)18-7-4-3-5-8-18/h3-5,7-8,11-15H,6,9-10H2,1-2H3. The number of hydrogen-bond acceptors (Lipinski definition) is 3. The summed E-state index contributed by atoms with van der Waals surface area (Å²) in [6, 6.07) is 17.2. The van der Waals surface area contributed by atoms with E-state index in [0.717, 1.165) is 35.2 Å². The van der Waals surface area contributed by atoms with E-state index < -0.39 is 0 Å². The fourth-order valence-electron chi connectivity index (χ4n) is 3.54. The highest BCUT2D eigenvalue weighted by atomic mass is 16.1. The molecule has 0 radical (unpaired) electrons. The normalized spacial score (nSPS) is 14.1. The zero-order valence-corrected chi connectivity index (χ0v) is 16.1. The second kappa shape index (κ2) is 7.39. The van der Waals surface area contributed by atoms with E-state index in [1.54, 1.807) is 16.7 Å². The fraction of sp³-hybridized carbons (Fsp3) is 0.208. The first-order chi connectivity index (χ1) is 13.5. The van der Waals surface area contributed by atoms with Crippen LogP contribution in [0, 0.1) is 13.8 Å². The number of ketones is 1. The molecule has 1 heterocycles. The summed E-state index contributed by atoms with van der Waals surface area (Å²) < 4.78 is 1.65. The van der Waals surface area contributed by atoms with Crippen LogP contribution < -0.4 is 5.56 Å². The molecule has 0 aliphatic heterocycles. The maximum absolute atomic E-state index is 13.2. The van der Waals surface area contributed by atoms with E-state index in [1.807, 2.05) is 62.4 Å². The van der Waals surface area contributed by atoms with Crippen molar-refractivity contribution in [3.63, 3.8) is 0 Å². The quantitative estimate of drug-likeness (QED) is 0.674. The third-order valence-electron chi connectivity index (χ3n) is 5.23. The lowest BCUT2D eigenvalue weighted by atomic mass is 9.96. The Kier molecular flexibility index (Phi) is 4.78. The second-order valence-corrected chi connectivity index (χ2v) is 7.26. The van der Waals surface area contributed by atoms with Crippen molar-refractivity contribution in [3.8, 4) is 17.1 Å². The Hall–Kier alpha value is -3.27. The molecule has 0 atom stereocenters. The van der Waals surface area contributed by atoms with Crippen LogP contribution in [0.4, 0.5) is 0 Å². The van der Waals surface area contributed by atoms with Gasteiger partial charge in [-0.15, -0.1) is 0 Å². The van der Waals surface area contributed by atoms with Crippen molar-refractivity contribution < 1.29 is 4.79 Å². The van der Waals surface area contributed by atoms with Crippen molar-refractivity contribution in [3.05, 3.63) is 87.8 Å². The number of aryl methyl sites for hydroxylation is 2. The predicted molar refractivity (Wildman–Crippen MR) is 112 cm³/mol. The van der Waals surface area contributed by atoms with Crippen LogP contribution in [0.2, 0.25) is 0 Å². The van der Waals surface area contributed by atoms with E-state index in [-0.39, 0.29) is 11.3 Å². The SMILES string of the molecule is Cc1ccc(-n2c(-c3ccccc3)nc(C3=CC(=O)CCC3)cc2=O)cc1C. The number of carbonyl (C=O) groups is 1. The van der Waals surface area contributed by atoms with Crippen molar-refractivity contribution in [2.45, 2.75) is 33.1 Å². The average molecular weight is 370 g/mol. The van der Waals surface area contributed by atoms with Crippen molar-refractivity contribution in [1.82, 2.24) is 9.55 Å². The summed E-state index contributed by atoms with van der Waals surface area (Å²) in [5, 5.41) is 0. The maximum atomic E-state index is 13.2. The van der Waals surface area contributed by atoms with Gasteiger partial charge in [-0.25, -0.2) is 4.98 Å². The number of carbonyl (C=O) groups excluding carboxylic acids is 1. The van der Waals surface area contributed by atoms with E-state index in [1.165, 1.54) is 5.56 Å². The van der Waals surface area contributed by atoms with Gasteiger partial charge in [-0.1, -0.05) is 36.4 Å². The lowest BCUT2D eigenvalue weighted by Crippen LogP contribution is -2.22. The Balaban J connectivity index is 1.96. The third-order valence-corrected chi connectivity index (χ3v) is 5.23. The first-order valence-corrected chi connectivity index (χ1v) is 9.54. The molecule has 28 heavy (non-hydrogen) atoms. The van der Waals surface area contributed by atoms with E-state index in [0.29, 0.717) is 17.9 Å². The van der Waals surface area contributed by atoms with Crippen LogP contribution in [0.1, 0.15) is 36.1 Å². The van der Waals surface area contributed by atoms with Crippen LogP contribution in [0.25, 0.3) is 22.6 Å². The molecule has 1 aliphatic carbocycles. The highest BCUT2D eigenvalue weighted by molar-refractivity contribution is 5.98. The molecular weight excluding hydrogens is 348 g/mol. The molecule has 4 rings (SSSR count). The molecule has 140 valence electrons. The summed E-state index contributed by atoms with van der Waals surface area (Å²) >= 11 is 0. The summed E-state index contributed by atoms with van der Waals surface area (Å²) in [5.74, 6) is 0.688. The maximum Gasteiger partial charge on any atom is 0.258 e. The summed E-state index contributed by atoms with van der Waals surface area (Å²) in [6.45, 7) is 4.08. The summed E-state index contributed by atoms with van der Waals surface area (Å²) in [7, 11) is 0. The minimum atomic E-state index is -0.147. The number of benzene rings is 2. The smallest absolute Gasteiger partial charge is 0.258 e. The fourth-order valence-corrected chi connectivity index (χ4v) is 3.54. The molecule has 0 amide bonds. The molecule has 1 aliphatic rings. The second-order valence-electron chi connectivity index (χ2n) is 7.26. The van der Waals surface area contributed by atoms with Gasteiger partial charge < -0.3 is 0 Å². The van der Waals surface area contributed by atoms with Crippen molar-refractivity contribution in [2.24, 2.45) is 0 Å². The predicted octanol–water partition coefficient (Wildman–Crippen LogP) is 4.65. The van der Waals surface area contributed by atoms with Gasteiger partial charge in [0.05, 0.1) is 11.4 Å². The average Bonchev–Trinajstić information content (AvgIpc) is 2.70. The van der Waals surface area contributed by atoms with Crippen molar-refractivity contribution in [2.75, 3.05) is 0 Å². The molecule has 4 heteroatoms. The first kappa shape index (κ1) is 18.1. The van der Waals surface area contributed by atoms with Crippen LogP contribution >= 0.6 is 0 Å². The van der Waals surface area contributed by atoms with Gasteiger partial charge in [0.25, 0.3) is 5.56 Å². The molecule has 0 spiro atoms. The highest BCUT2D eigenvalue weighted by Gasteiger charge is 2.18. The number of allylic oxidation sites excluding steroid dienone is 2. The Morgan fingerprint density at radius 3 is 2.39 bits per heavy atom. The summed E-state index contributed by atoms with van der Waals surface area (Å²) in [4.78, 5) is 29.9. The molecule has 0 unspecified atom stereocenters. The van der Waals surface area contributed by atoms with Crippen LogP contribution in [-0.4, -0.2) is 15.3 Å². The van der Waals surface area contributed by atoms with Crippen LogP contribution in [0.15, 0.2) is 65.5 Å². The number of rotatable bonds is 3. The van der Waals surface area contributed by atoms with Crippen molar-refractivity contribution >= 4 is 11.4 Å². The van der Waals surface area contributed by atoms with E-state index >= 15 is 0 Å². The summed E-state index contributed by atoms with van der Waals surface area (Å²) in [5.41, 5.74) is 5.24. The number of aromatic nitrogens is 2. The highest BCUT2D eigenvalue weighted by Crippen LogP contribution is 2.27. The monoisotopic (exact) mass is 370 g/mol. The van der Waals surface area contributed by atoms with Gasteiger partial charge in [-0.3, -0.25) is 14.2 Å². The molecule has 2 aromatic carbocycles. The van der Waals surface area contributed by atoms with Crippen LogP contribution in [0.5, 0.6) is 0 Å². The Bertz CT molecular complexity index is 1140. The topological polar surface area (TPSA) is 52.0 Å². The molecule has 1 aromatic heterocycles. The van der Waals surface area contributed by atoms with Gasteiger partial charge in [-0.2, -0.15) is 0 Å². The minimum absolute atomic E-state index is 0.0997. The molecular formula is C24H22N2O2.